The Morgan fingerprint density at radius 1 is 0.636 bits per heavy atom. The van der Waals surface area contributed by atoms with Gasteiger partial charge in [0.2, 0.25) is 0 Å². The molecular formula is C19H18F2O. The smallest absolute Gasteiger partial charge is 0.123 e. The molecule has 2 aromatic rings. The summed E-state index contributed by atoms with van der Waals surface area (Å²) in [4.78, 5) is 0. The topological polar surface area (TPSA) is 9.23 Å². The highest BCUT2D eigenvalue weighted by molar-refractivity contribution is 5.31. The van der Waals surface area contributed by atoms with E-state index in [1.165, 1.54) is 24.3 Å². The largest absolute Gasteiger partial charge is 0.359 e. The maximum Gasteiger partial charge on any atom is 0.123 e. The Labute approximate surface area is 128 Å². The van der Waals surface area contributed by atoms with Gasteiger partial charge in [0.25, 0.3) is 0 Å². The second-order valence-electron chi connectivity index (χ2n) is 6.46. The van der Waals surface area contributed by atoms with E-state index in [1.807, 2.05) is 24.3 Å². The number of ether oxygens (including phenoxy) is 1. The molecule has 3 heteroatoms. The van der Waals surface area contributed by atoms with Crippen LogP contribution in [0.1, 0.15) is 43.2 Å². The van der Waals surface area contributed by atoms with E-state index >= 15 is 0 Å². The molecule has 0 spiro atoms. The molecule has 114 valence electrons. The van der Waals surface area contributed by atoms with Crippen molar-refractivity contribution in [1.29, 1.82) is 0 Å². The van der Waals surface area contributed by atoms with Crippen LogP contribution in [0.25, 0.3) is 0 Å². The standard InChI is InChI=1S/C19H18F2O/c20-16-6-2-14(3-7-16)18-10-1-11-19(22-18,13-12-18)15-4-8-17(21)9-5-15/h2-9H,1,10-13H2/t18-,19+. The molecule has 0 aromatic heterocycles. The van der Waals surface area contributed by atoms with Crippen molar-refractivity contribution < 1.29 is 13.5 Å². The van der Waals surface area contributed by atoms with Gasteiger partial charge in [-0.25, -0.2) is 8.78 Å². The average molecular weight is 300 g/mol. The lowest BCUT2D eigenvalue weighted by molar-refractivity contribution is -0.149. The van der Waals surface area contributed by atoms with Gasteiger partial charge in [-0.3, -0.25) is 0 Å². The van der Waals surface area contributed by atoms with Crippen LogP contribution in [0.3, 0.4) is 0 Å². The van der Waals surface area contributed by atoms with Gasteiger partial charge in [0.05, 0.1) is 11.2 Å². The minimum atomic E-state index is -0.319. The van der Waals surface area contributed by atoms with Gasteiger partial charge >= 0.3 is 0 Å². The molecule has 0 saturated carbocycles. The van der Waals surface area contributed by atoms with Gasteiger partial charge in [-0.1, -0.05) is 24.3 Å². The van der Waals surface area contributed by atoms with Crippen LogP contribution in [-0.4, -0.2) is 0 Å². The van der Waals surface area contributed by atoms with E-state index in [0.717, 1.165) is 43.2 Å². The van der Waals surface area contributed by atoms with E-state index in [4.69, 9.17) is 4.74 Å². The summed E-state index contributed by atoms with van der Waals surface area (Å²) in [5.74, 6) is -0.447. The van der Waals surface area contributed by atoms with Crippen molar-refractivity contribution in [3.63, 3.8) is 0 Å². The summed E-state index contributed by atoms with van der Waals surface area (Å²) in [5.41, 5.74) is 1.47. The van der Waals surface area contributed by atoms with Crippen LogP contribution < -0.4 is 0 Å². The molecule has 0 aliphatic carbocycles. The first-order valence-corrected chi connectivity index (χ1v) is 7.84. The molecule has 0 amide bonds. The fraction of sp³-hybridized carbons (Fsp3) is 0.368. The van der Waals surface area contributed by atoms with E-state index in [9.17, 15) is 8.78 Å². The molecule has 2 bridgehead atoms. The number of hydrogen-bond donors (Lipinski definition) is 0. The quantitative estimate of drug-likeness (QED) is 0.754. The molecule has 2 saturated heterocycles. The molecule has 4 rings (SSSR count). The van der Waals surface area contributed by atoms with Crippen molar-refractivity contribution in [2.24, 2.45) is 0 Å². The molecule has 0 unspecified atom stereocenters. The predicted octanol–water partition coefficient (Wildman–Crippen LogP) is 5.05. The number of fused-ring (bicyclic) bond motifs is 2. The lowest BCUT2D eigenvalue weighted by Gasteiger charge is -2.41. The molecule has 22 heavy (non-hydrogen) atoms. The molecule has 2 atom stereocenters. The van der Waals surface area contributed by atoms with E-state index in [-0.39, 0.29) is 22.8 Å². The highest BCUT2D eigenvalue weighted by atomic mass is 19.1. The van der Waals surface area contributed by atoms with Crippen LogP contribution in [0.15, 0.2) is 48.5 Å². The van der Waals surface area contributed by atoms with Crippen LogP contribution in [-0.2, 0) is 15.9 Å². The van der Waals surface area contributed by atoms with E-state index in [2.05, 4.69) is 0 Å². The fourth-order valence-corrected chi connectivity index (χ4v) is 4.09. The molecular weight excluding hydrogens is 282 g/mol. The highest BCUT2D eigenvalue weighted by Crippen LogP contribution is 2.57. The predicted molar refractivity (Wildman–Crippen MR) is 80.3 cm³/mol. The van der Waals surface area contributed by atoms with Gasteiger partial charge in [-0.05, 0) is 67.5 Å². The van der Waals surface area contributed by atoms with Gasteiger partial charge in [0.1, 0.15) is 11.6 Å². The Bertz CT molecular complexity index is 620. The Balaban J connectivity index is 1.71. The van der Waals surface area contributed by atoms with Crippen LogP contribution in [0.5, 0.6) is 0 Å². The van der Waals surface area contributed by atoms with Crippen molar-refractivity contribution in [3.05, 3.63) is 71.3 Å². The number of benzene rings is 2. The Morgan fingerprint density at radius 3 is 1.45 bits per heavy atom. The van der Waals surface area contributed by atoms with Gasteiger partial charge < -0.3 is 4.74 Å². The molecule has 2 aromatic carbocycles. The lowest BCUT2D eigenvalue weighted by Crippen LogP contribution is -2.36. The summed E-state index contributed by atoms with van der Waals surface area (Å²) in [6.07, 6.45) is 4.84. The van der Waals surface area contributed by atoms with Gasteiger partial charge in [-0.15, -0.1) is 0 Å². The summed E-state index contributed by atoms with van der Waals surface area (Å²) in [6, 6.07) is 13.3. The van der Waals surface area contributed by atoms with Gasteiger partial charge in [-0.2, -0.15) is 0 Å². The number of halogens is 2. The minimum absolute atomic E-state index is 0.223. The normalized spacial score (nSPS) is 30.5. The SMILES string of the molecule is Fc1ccc([C@@]23CCC[C@@](c4ccc(F)cc4)(CC2)O3)cc1. The first kappa shape index (κ1) is 13.9. The summed E-state index contributed by atoms with van der Waals surface area (Å²) in [7, 11) is 0. The zero-order chi connectivity index (χ0) is 15.2. The Morgan fingerprint density at radius 2 is 1.05 bits per heavy atom. The molecule has 2 heterocycles. The third-order valence-electron chi connectivity index (χ3n) is 5.23. The Kier molecular flexibility index (Phi) is 3.08. The third-order valence-corrected chi connectivity index (χ3v) is 5.23. The third kappa shape index (κ3) is 2.07. The summed E-state index contributed by atoms with van der Waals surface area (Å²) in [5, 5.41) is 0. The number of rotatable bonds is 2. The fourth-order valence-electron chi connectivity index (χ4n) is 4.09. The van der Waals surface area contributed by atoms with Crippen LogP contribution in [0.4, 0.5) is 8.78 Å². The molecule has 0 radical (unpaired) electrons. The monoisotopic (exact) mass is 300 g/mol. The van der Waals surface area contributed by atoms with Crippen molar-refractivity contribution in [1.82, 2.24) is 0 Å². The van der Waals surface area contributed by atoms with Crippen molar-refractivity contribution in [3.8, 4) is 0 Å². The molecule has 0 N–H and O–H groups in total. The van der Waals surface area contributed by atoms with Crippen LogP contribution in [0.2, 0.25) is 0 Å². The van der Waals surface area contributed by atoms with Crippen LogP contribution >= 0.6 is 0 Å². The van der Waals surface area contributed by atoms with Gasteiger partial charge in [0, 0.05) is 0 Å². The average Bonchev–Trinajstić information content (AvgIpc) is 2.81. The Hall–Kier alpha value is -1.74. The minimum Gasteiger partial charge on any atom is -0.359 e. The van der Waals surface area contributed by atoms with Gasteiger partial charge in [0.15, 0.2) is 0 Å². The van der Waals surface area contributed by atoms with Crippen molar-refractivity contribution in [2.75, 3.05) is 0 Å². The molecule has 2 aliphatic heterocycles. The maximum atomic E-state index is 13.2. The number of hydrogen-bond acceptors (Lipinski definition) is 1. The van der Waals surface area contributed by atoms with Crippen molar-refractivity contribution >= 4 is 0 Å². The summed E-state index contributed by atoms with van der Waals surface area (Å²) in [6.45, 7) is 0. The van der Waals surface area contributed by atoms with E-state index in [1.54, 1.807) is 0 Å². The van der Waals surface area contributed by atoms with E-state index in [0.29, 0.717) is 0 Å². The molecule has 2 fully saturated rings. The molecule has 2 aliphatic rings. The maximum absolute atomic E-state index is 13.2. The zero-order valence-electron chi connectivity index (χ0n) is 12.3. The first-order valence-electron chi connectivity index (χ1n) is 7.84. The second-order valence-corrected chi connectivity index (χ2v) is 6.46. The van der Waals surface area contributed by atoms with Crippen molar-refractivity contribution in [2.45, 2.75) is 43.3 Å². The lowest BCUT2D eigenvalue weighted by atomic mass is 9.85. The molecule has 1 nitrogen and oxygen atoms in total. The highest BCUT2D eigenvalue weighted by Gasteiger charge is 2.53. The first-order chi connectivity index (χ1) is 10.6. The van der Waals surface area contributed by atoms with E-state index < -0.39 is 0 Å². The zero-order valence-corrected chi connectivity index (χ0v) is 12.3. The summed E-state index contributed by atoms with van der Waals surface area (Å²) >= 11 is 0. The summed E-state index contributed by atoms with van der Waals surface area (Å²) < 4.78 is 33.0. The second kappa shape index (κ2) is 4.88. The van der Waals surface area contributed by atoms with Crippen LogP contribution in [0, 0.1) is 11.6 Å².